The first-order chi connectivity index (χ1) is 9.70. The zero-order chi connectivity index (χ0) is 14.4. The van der Waals surface area contributed by atoms with Crippen molar-refractivity contribution in [1.82, 2.24) is 9.80 Å². The standard InChI is InChI=1S/C14H18N2O4/c1-19-13(17)15-7-9-16(10-8-15)14(18)20-11-12-5-3-2-4-6-12/h2-6H,7-11H2,1H3. The fourth-order valence-electron chi connectivity index (χ4n) is 2.01. The number of ether oxygens (including phenoxy) is 2. The van der Waals surface area contributed by atoms with Crippen LogP contribution in [-0.2, 0) is 16.1 Å². The van der Waals surface area contributed by atoms with Crippen molar-refractivity contribution >= 4 is 12.2 Å². The van der Waals surface area contributed by atoms with Gasteiger partial charge in [-0.15, -0.1) is 0 Å². The van der Waals surface area contributed by atoms with Gasteiger partial charge in [-0.3, -0.25) is 0 Å². The lowest BCUT2D eigenvalue weighted by atomic mass is 10.2. The van der Waals surface area contributed by atoms with Crippen molar-refractivity contribution in [2.24, 2.45) is 0 Å². The fourth-order valence-corrected chi connectivity index (χ4v) is 2.01. The van der Waals surface area contributed by atoms with Crippen LogP contribution in [0.1, 0.15) is 5.56 Å². The predicted molar refractivity (Wildman–Crippen MR) is 72.2 cm³/mol. The first kappa shape index (κ1) is 14.2. The summed E-state index contributed by atoms with van der Waals surface area (Å²) in [5.74, 6) is 0. The minimum Gasteiger partial charge on any atom is -0.453 e. The van der Waals surface area contributed by atoms with E-state index in [9.17, 15) is 9.59 Å². The summed E-state index contributed by atoms with van der Waals surface area (Å²) in [5, 5.41) is 0. The second-order valence-corrected chi connectivity index (χ2v) is 4.48. The Bertz CT molecular complexity index is 456. The molecule has 1 aliphatic rings. The monoisotopic (exact) mass is 278 g/mol. The maximum absolute atomic E-state index is 11.9. The lowest BCUT2D eigenvalue weighted by Crippen LogP contribution is -2.50. The molecular weight excluding hydrogens is 260 g/mol. The lowest BCUT2D eigenvalue weighted by molar-refractivity contribution is 0.0643. The number of nitrogens with zero attached hydrogens (tertiary/aromatic N) is 2. The number of benzene rings is 1. The Morgan fingerprint density at radius 1 is 1.00 bits per heavy atom. The van der Waals surface area contributed by atoms with Gasteiger partial charge in [-0.05, 0) is 5.56 Å². The minimum atomic E-state index is -0.359. The second kappa shape index (κ2) is 6.79. The number of carbonyl (C=O) groups excluding carboxylic acids is 2. The van der Waals surface area contributed by atoms with Gasteiger partial charge in [-0.2, -0.15) is 0 Å². The number of methoxy groups -OCH3 is 1. The Balaban J connectivity index is 1.76. The van der Waals surface area contributed by atoms with Crippen LogP contribution in [0.15, 0.2) is 30.3 Å². The summed E-state index contributed by atoms with van der Waals surface area (Å²) in [5.41, 5.74) is 0.953. The molecule has 0 aliphatic carbocycles. The molecule has 0 aromatic heterocycles. The van der Waals surface area contributed by atoms with Crippen molar-refractivity contribution in [1.29, 1.82) is 0 Å². The van der Waals surface area contributed by atoms with Crippen LogP contribution in [0.4, 0.5) is 9.59 Å². The molecule has 1 saturated heterocycles. The van der Waals surface area contributed by atoms with E-state index in [-0.39, 0.29) is 18.8 Å². The zero-order valence-electron chi connectivity index (χ0n) is 11.4. The molecule has 0 N–H and O–H groups in total. The van der Waals surface area contributed by atoms with E-state index in [1.807, 2.05) is 30.3 Å². The third-order valence-electron chi connectivity index (χ3n) is 3.18. The first-order valence-corrected chi connectivity index (χ1v) is 6.49. The Morgan fingerprint density at radius 3 is 2.10 bits per heavy atom. The molecular formula is C14H18N2O4. The molecule has 1 heterocycles. The van der Waals surface area contributed by atoms with Crippen LogP contribution in [0.3, 0.4) is 0 Å². The van der Waals surface area contributed by atoms with Gasteiger partial charge >= 0.3 is 12.2 Å². The molecule has 20 heavy (non-hydrogen) atoms. The highest BCUT2D eigenvalue weighted by Gasteiger charge is 2.25. The van der Waals surface area contributed by atoms with Gasteiger partial charge in [-0.25, -0.2) is 9.59 Å². The van der Waals surface area contributed by atoms with Crippen LogP contribution in [0.25, 0.3) is 0 Å². The number of hydrogen-bond donors (Lipinski definition) is 0. The number of hydrogen-bond acceptors (Lipinski definition) is 4. The van der Waals surface area contributed by atoms with Gasteiger partial charge in [0.05, 0.1) is 7.11 Å². The van der Waals surface area contributed by atoms with Gasteiger partial charge in [0.2, 0.25) is 0 Å². The average molecular weight is 278 g/mol. The van der Waals surface area contributed by atoms with Crippen LogP contribution < -0.4 is 0 Å². The largest absolute Gasteiger partial charge is 0.453 e. The highest BCUT2D eigenvalue weighted by molar-refractivity contribution is 5.70. The Labute approximate surface area is 117 Å². The van der Waals surface area contributed by atoms with Gasteiger partial charge in [0.15, 0.2) is 0 Å². The summed E-state index contributed by atoms with van der Waals surface area (Å²) in [6.45, 7) is 2.11. The van der Waals surface area contributed by atoms with E-state index in [1.54, 1.807) is 9.80 Å². The molecule has 2 amide bonds. The molecule has 0 bridgehead atoms. The SMILES string of the molecule is COC(=O)N1CCN(C(=O)OCc2ccccc2)CC1. The average Bonchev–Trinajstić information content (AvgIpc) is 2.53. The highest BCUT2D eigenvalue weighted by atomic mass is 16.6. The molecule has 0 spiro atoms. The van der Waals surface area contributed by atoms with Gasteiger partial charge < -0.3 is 19.3 Å². The quantitative estimate of drug-likeness (QED) is 0.826. The molecule has 0 radical (unpaired) electrons. The van der Waals surface area contributed by atoms with E-state index in [1.165, 1.54) is 7.11 Å². The summed E-state index contributed by atoms with van der Waals surface area (Å²) in [6.07, 6.45) is -0.708. The van der Waals surface area contributed by atoms with E-state index in [2.05, 4.69) is 4.74 Å². The van der Waals surface area contributed by atoms with Crippen molar-refractivity contribution in [3.8, 4) is 0 Å². The number of carbonyl (C=O) groups is 2. The third-order valence-corrected chi connectivity index (χ3v) is 3.18. The first-order valence-electron chi connectivity index (χ1n) is 6.49. The summed E-state index contributed by atoms with van der Waals surface area (Å²) in [4.78, 5) is 26.4. The van der Waals surface area contributed by atoms with E-state index < -0.39 is 0 Å². The highest BCUT2D eigenvalue weighted by Crippen LogP contribution is 2.07. The zero-order valence-corrected chi connectivity index (χ0v) is 11.4. The molecule has 108 valence electrons. The second-order valence-electron chi connectivity index (χ2n) is 4.48. The third kappa shape index (κ3) is 3.63. The van der Waals surface area contributed by atoms with Crippen LogP contribution in [-0.4, -0.2) is 55.3 Å². The van der Waals surface area contributed by atoms with Crippen molar-refractivity contribution in [3.05, 3.63) is 35.9 Å². The fraction of sp³-hybridized carbons (Fsp3) is 0.429. The lowest BCUT2D eigenvalue weighted by Gasteiger charge is -2.33. The Hall–Kier alpha value is -2.24. The molecule has 1 aliphatic heterocycles. The van der Waals surface area contributed by atoms with Crippen LogP contribution in [0.5, 0.6) is 0 Å². The molecule has 0 atom stereocenters. The van der Waals surface area contributed by atoms with Crippen molar-refractivity contribution in [3.63, 3.8) is 0 Å². The van der Waals surface area contributed by atoms with E-state index in [0.717, 1.165) is 5.56 Å². The maximum atomic E-state index is 11.9. The maximum Gasteiger partial charge on any atom is 0.410 e. The smallest absolute Gasteiger partial charge is 0.410 e. The van der Waals surface area contributed by atoms with Crippen molar-refractivity contribution in [2.45, 2.75) is 6.61 Å². The van der Waals surface area contributed by atoms with Gasteiger partial charge in [0.25, 0.3) is 0 Å². The molecule has 1 fully saturated rings. The topological polar surface area (TPSA) is 59.1 Å². The van der Waals surface area contributed by atoms with Gasteiger partial charge in [-0.1, -0.05) is 30.3 Å². The molecule has 0 saturated carbocycles. The van der Waals surface area contributed by atoms with Gasteiger partial charge in [0, 0.05) is 26.2 Å². The predicted octanol–water partition coefficient (Wildman–Crippen LogP) is 1.71. The summed E-state index contributed by atoms with van der Waals surface area (Å²) < 4.78 is 9.88. The summed E-state index contributed by atoms with van der Waals surface area (Å²) in [6, 6.07) is 9.53. The molecule has 0 unspecified atom stereocenters. The summed E-state index contributed by atoms with van der Waals surface area (Å²) >= 11 is 0. The van der Waals surface area contributed by atoms with E-state index in [4.69, 9.17) is 4.74 Å². The normalized spacial score (nSPS) is 14.8. The van der Waals surface area contributed by atoms with E-state index in [0.29, 0.717) is 26.2 Å². The molecule has 6 heteroatoms. The number of amides is 2. The summed E-state index contributed by atoms with van der Waals surface area (Å²) in [7, 11) is 1.35. The number of piperazine rings is 1. The van der Waals surface area contributed by atoms with Crippen LogP contribution >= 0.6 is 0 Å². The molecule has 6 nitrogen and oxygen atoms in total. The minimum absolute atomic E-state index is 0.261. The van der Waals surface area contributed by atoms with Crippen molar-refractivity contribution in [2.75, 3.05) is 33.3 Å². The number of rotatable bonds is 2. The Kier molecular flexibility index (Phi) is 4.81. The van der Waals surface area contributed by atoms with Gasteiger partial charge in [0.1, 0.15) is 6.61 Å². The molecule has 1 aromatic carbocycles. The van der Waals surface area contributed by atoms with Crippen LogP contribution in [0.2, 0.25) is 0 Å². The van der Waals surface area contributed by atoms with Crippen LogP contribution in [0, 0.1) is 0 Å². The molecule has 2 rings (SSSR count). The Morgan fingerprint density at radius 2 is 1.55 bits per heavy atom. The van der Waals surface area contributed by atoms with E-state index >= 15 is 0 Å². The molecule has 1 aromatic rings. The van der Waals surface area contributed by atoms with Crippen molar-refractivity contribution < 1.29 is 19.1 Å².